The van der Waals surface area contributed by atoms with E-state index in [1.165, 1.54) is 24.3 Å². The van der Waals surface area contributed by atoms with Crippen molar-refractivity contribution in [1.29, 1.82) is 0 Å². The Morgan fingerprint density at radius 3 is 1.55 bits per heavy atom. The molecule has 7 N–H and O–H groups in total. The highest BCUT2D eigenvalue weighted by atomic mass is 79.9. The summed E-state index contributed by atoms with van der Waals surface area (Å²) in [6.45, 7) is 0.249. The largest absolute Gasteiger partial charge is 0.503 e. The Bertz CT molecular complexity index is 2120. The van der Waals surface area contributed by atoms with Crippen LogP contribution in [0.4, 0.5) is 0 Å². The molecular formula is C34H26Br6N4O9. The molecule has 4 aromatic carbocycles. The Balaban J connectivity index is 1.51. The number of aromatic hydroxyl groups is 2. The van der Waals surface area contributed by atoms with Crippen LogP contribution in [0.15, 0.2) is 85.7 Å². The van der Waals surface area contributed by atoms with Crippen molar-refractivity contribution in [3.8, 4) is 34.5 Å². The zero-order chi connectivity index (χ0) is 38.6. The highest BCUT2D eigenvalue weighted by Gasteiger charge is 2.26. The predicted octanol–water partition coefficient (Wildman–Crippen LogP) is 8.52. The third-order valence-corrected chi connectivity index (χ3v) is 11.3. The number of oxime groups is 2. The van der Waals surface area contributed by atoms with Crippen LogP contribution in [0.25, 0.3) is 0 Å². The third-order valence-electron chi connectivity index (χ3n) is 7.75. The molecule has 4 aromatic rings. The summed E-state index contributed by atoms with van der Waals surface area (Å²) in [6.07, 6.45) is -1.15. The van der Waals surface area contributed by atoms with Crippen LogP contribution < -0.4 is 20.1 Å². The van der Waals surface area contributed by atoms with E-state index in [0.717, 1.165) is 5.56 Å². The van der Waals surface area contributed by atoms with Crippen LogP contribution in [0, 0.1) is 0 Å². The minimum Gasteiger partial charge on any atom is -0.503 e. The van der Waals surface area contributed by atoms with E-state index >= 15 is 0 Å². The number of benzene rings is 4. The van der Waals surface area contributed by atoms with E-state index in [1.54, 1.807) is 24.3 Å². The molecule has 278 valence electrons. The summed E-state index contributed by atoms with van der Waals surface area (Å²) in [5.41, 5.74) is 1.29. The van der Waals surface area contributed by atoms with Crippen molar-refractivity contribution in [1.82, 2.24) is 10.6 Å². The molecule has 19 heteroatoms. The molecule has 13 nitrogen and oxygen atoms in total. The van der Waals surface area contributed by atoms with Crippen molar-refractivity contribution in [3.63, 3.8) is 0 Å². The topological polar surface area (TPSA) is 203 Å². The average molecular weight is 1110 g/mol. The first-order chi connectivity index (χ1) is 25.2. The van der Waals surface area contributed by atoms with Gasteiger partial charge in [-0.05, 0) is 179 Å². The first-order valence-electron chi connectivity index (χ1n) is 15.2. The van der Waals surface area contributed by atoms with E-state index in [2.05, 4.69) is 117 Å². The number of aliphatic hydroxyl groups excluding tert-OH is 1. The molecule has 0 aromatic heterocycles. The standard InChI is InChI=1S/C34H26Br6N4O9/c35-18-5-15-2-4-42-34(49)27(44-51)28(45)17-12-22(39)32(23(40)13-17)53-26-11-16(8-19(36)30(26)47)9-24(43-50)33(48)41-3-1-14-6-20(37)31(21(38)7-14)52-25(10-15)29(18)46/h5-8,10-13,28,45-47,50-51H,1-4,9H2,(H,41,48)(H,42,49)/b43-24+,44-27-. The van der Waals surface area contributed by atoms with Gasteiger partial charge in [-0.15, -0.1) is 0 Å². The fraction of sp³-hybridized carbons (Fsp3) is 0.176. The fourth-order valence-electron chi connectivity index (χ4n) is 5.14. The van der Waals surface area contributed by atoms with Gasteiger partial charge in [0.2, 0.25) is 0 Å². The van der Waals surface area contributed by atoms with Crippen molar-refractivity contribution in [2.24, 2.45) is 10.3 Å². The number of aliphatic hydroxyl groups is 1. The van der Waals surface area contributed by atoms with E-state index < -0.39 is 23.6 Å². The fourth-order valence-corrected chi connectivity index (χ4v) is 8.94. The van der Waals surface area contributed by atoms with E-state index in [4.69, 9.17) is 9.47 Å². The van der Waals surface area contributed by atoms with Crippen LogP contribution in [0.1, 0.15) is 28.4 Å². The second-order valence-corrected chi connectivity index (χ2v) is 16.5. The number of phenols is 2. The van der Waals surface area contributed by atoms with Crippen molar-refractivity contribution in [2.75, 3.05) is 13.1 Å². The lowest BCUT2D eigenvalue weighted by Gasteiger charge is -2.18. The summed E-state index contributed by atoms with van der Waals surface area (Å²) in [5, 5.41) is 63.8. The summed E-state index contributed by atoms with van der Waals surface area (Å²) in [5.74, 6) is -1.26. The maximum absolute atomic E-state index is 13.1. The van der Waals surface area contributed by atoms with Crippen molar-refractivity contribution in [3.05, 3.63) is 97.6 Å². The second-order valence-electron chi connectivity index (χ2n) is 11.4. The minimum absolute atomic E-state index is 0.0247. The number of halogens is 6. The summed E-state index contributed by atoms with van der Waals surface area (Å²) in [7, 11) is 0. The van der Waals surface area contributed by atoms with E-state index in [-0.39, 0.29) is 79.4 Å². The molecule has 1 unspecified atom stereocenters. The quantitative estimate of drug-likeness (QED) is 0.0666. The molecule has 0 spiro atoms. The highest BCUT2D eigenvalue weighted by Crippen LogP contribution is 2.45. The second kappa shape index (κ2) is 18.0. The Labute approximate surface area is 352 Å². The van der Waals surface area contributed by atoms with Crippen molar-refractivity contribution >= 4 is 119 Å². The van der Waals surface area contributed by atoms with Crippen LogP contribution in [0.2, 0.25) is 0 Å². The van der Waals surface area contributed by atoms with Crippen LogP contribution >= 0.6 is 95.6 Å². The van der Waals surface area contributed by atoms with Gasteiger partial charge in [-0.2, -0.15) is 0 Å². The van der Waals surface area contributed by atoms with Gasteiger partial charge in [-0.3, -0.25) is 9.59 Å². The molecule has 0 saturated carbocycles. The molecule has 4 heterocycles. The maximum atomic E-state index is 13.1. The Kier molecular flexibility index (Phi) is 13.9. The monoisotopic (exact) mass is 1110 g/mol. The number of phenolic OH excluding ortho intramolecular Hbond substituents is 2. The molecule has 0 fully saturated rings. The summed E-state index contributed by atoms with van der Waals surface area (Å²) in [6, 6.07) is 12.7. The van der Waals surface area contributed by atoms with Gasteiger partial charge in [-0.1, -0.05) is 10.3 Å². The molecule has 4 aliphatic heterocycles. The number of nitrogens with one attached hydrogen (secondary N) is 2. The molecule has 0 saturated heterocycles. The van der Waals surface area contributed by atoms with E-state index in [0.29, 0.717) is 36.7 Å². The molecule has 8 rings (SSSR count). The zero-order valence-electron chi connectivity index (χ0n) is 26.8. The average Bonchev–Trinajstić information content (AvgIpc) is 3.10. The van der Waals surface area contributed by atoms with Gasteiger partial charge in [-0.25, -0.2) is 0 Å². The van der Waals surface area contributed by atoms with Gasteiger partial charge in [0.25, 0.3) is 11.8 Å². The van der Waals surface area contributed by atoms with Gasteiger partial charge < -0.3 is 45.8 Å². The Hall–Kier alpha value is -3.20. The van der Waals surface area contributed by atoms with Gasteiger partial charge in [0.1, 0.15) is 11.8 Å². The van der Waals surface area contributed by atoms with E-state index in [9.17, 15) is 35.3 Å². The van der Waals surface area contributed by atoms with Crippen LogP contribution in [0.3, 0.4) is 0 Å². The molecule has 53 heavy (non-hydrogen) atoms. The van der Waals surface area contributed by atoms with Crippen LogP contribution in [0.5, 0.6) is 34.5 Å². The maximum Gasteiger partial charge on any atom is 0.272 e. The number of amides is 2. The van der Waals surface area contributed by atoms with E-state index in [1.807, 2.05) is 0 Å². The molecular weight excluding hydrogens is 1090 g/mol. The summed E-state index contributed by atoms with van der Waals surface area (Å²) < 4.78 is 14.4. The van der Waals surface area contributed by atoms with Gasteiger partial charge in [0, 0.05) is 19.5 Å². The molecule has 0 radical (unpaired) electrons. The van der Waals surface area contributed by atoms with Crippen molar-refractivity contribution < 1.29 is 44.8 Å². The number of hydrogen-bond acceptors (Lipinski definition) is 11. The lowest BCUT2D eigenvalue weighted by molar-refractivity contribution is -0.116. The lowest BCUT2D eigenvalue weighted by Crippen LogP contribution is -2.36. The molecule has 8 bridgehead atoms. The molecule has 1 atom stereocenters. The SMILES string of the molecule is O=C1NCCc2cc(Br)c(O)c(c2)Oc2c(Br)cc(cc2Br)CCNC(=O)/C(=N/O)Cc2cc(Br)c(O)c(c2)Oc2c(Br)cc(cc2Br)C(O)/C1=N/O. The number of nitrogens with zero attached hydrogens (tertiary/aromatic N) is 2. The predicted molar refractivity (Wildman–Crippen MR) is 216 cm³/mol. The summed E-state index contributed by atoms with van der Waals surface area (Å²) >= 11 is 20.5. The molecule has 0 aliphatic carbocycles. The third kappa shape index (κ3) is 9.73. The van der Waals surface area contributed by atoms with Crippen LogP contribution in [-0.2, 0) is 28.9 Å². The Morgan fingerprint density at radius 2 is 1.04 bits per heavy atom. The normalized spacial score (nSPS) is 17.5. The zero-order valence-corrected chi connectivity index (χ0v) is 36.3. The number of hydrogen-bond donors (Lipinski definition) is 7. The van der Waals surface area contributed by atoms with Gasteiger partial charge in [0.15, 0.2) is 40.2 Å². The minimum atomic E-state index is -1.67. The van der Waals surface area contributed by atoms with Crippen molar-refractivity contribution in [2.45, 2.75) is 25.4 Å². The number of rotatable bonds is 0. The number of ether oxygens (including phenoxy) is 2. The number of carbonyl (C=O) groups is 2. The molecule has 4 aliphatic rings. The van der Waals surface area contributed by atoms with Gasteiger partial charge >= 0.3 is 0 Å². The van der Waals surface area contributed by atoms with Gasteiger partial charge in [0.05, 0.1) is 26.8 Å². The number of carbonyl (C=O) groups excluding carboxylic acids is 2. The first kappa shape index (κ1) is 41.0. The summed E-state index contributed by atoms with van der Waals surface area (Å²) in [4.78, 5) is 26.1. The Morgan fingerprint density at radius 1 is 0.604 bits per heavy atom. The van der Waals surface area contributed by atoms with Crippen LogP contribution in [-0.4, -0.2) is 62.1 Å². The lowest BCUT2D eigenvalue weighted by atomic mass is 10.0. The molecule has 2 amide bonds. The highest BCUT2D eigenvalue weighted by molar-refractivity contribution is 9.11. The first-order valence-corrected chi connectivity index (χ1v) is 20.0. The smallest absolute Gasteiger partial charge is 0.272 e.